The van der Waals surface area contributed by atoms with Gasteiger partial charge in [0.15, 0.2) is 11.6 Å². The Morgan fingerprint density at radius 3 is 1.74 bits per heavy atom. The number of halogens is 3. The molecule has 0 heterocycles. The third-order valence-corrected chi connectivity index (χ3v) is 7.00. The highest BCUT2D eigenvalue weighted by Crippen LogP contribution is 2.39. The Balaban J connectivity index is 2.59. The normalized spacial score (nSPS) is 13.4. The molecule has 0 aromatic heterocycles. The fraction of sp³-hybridized carbons (Fsp3) is 0.778. The molecule has 1 atom stereocenters. The smallest absolute Gasteiger partial charge is 0.161 e. The average Bonchev–Trinajstić information content (AvgIpc) is 2.71. The van der Waals surface area contributed by atoms with Gasteiger partial charge in [0.05, 0.1) is 5.60 Å². The topological polar surface area (TPSA) is 20.2 Å². The molecule has 0 aliphatic carbocycles. The van der Waals surface area contributed by atoms with E-state index in [0.717, 1.165) is 44.6 Å². The summed E-state index contributed by atoms with van der Waals surface area (Å²) in [4.78, 5) is 0. The van der Waals surface area contributed by atoms with Gasteiger partial charge in [-0.05, 0) is 55.1 Å². The van der Waals surface area contributed by atoms with E-state index in [0.29, 0.717) is 12.5 Å². The maximum Gasteiger partial charge on any atom is 0.161 e. The van der Waals surface area contributed by atoms with Gasteiger partial charge >= 0.3 is 0 Å². The lowest BCUT2D eigenvalue weighted by atomic mass is 9.68. The second-order valence-corrected chi connectivity index (χ2v) is 9.91. The van der Waals surface area contributed by atoms with E-state index in [-0.39, 0.29) is 23.3 Å². The monoisotopic (exact) mass is 442 g/mol. The molecule has 1 aromatic rings. The molecule has 1 unspecified atom stereocenters. The Morgan fingerprint density at radius 1 is 0.710 bits per heavy atom. The van der Waals surface area contributed by atoms with Gasteiger partial charge in [0, 0.05) is 6.07 Å². The lowest BCUT2D eigenvalue weighted by Crippen LogP contribution is -2.47. The quantitative estimate of drug-likeness (QED) is 0.201. The summed E-state index contributed by atoms with van der Waals surface area (Å²) in [5.74, 6) is -2.18. The molecule has 31 heavy (non-hydrogen) atoms. The van der Waals surface area contributed by atoms with Crippen LogP contribution in [0.3, 0.4) is 0 Å². The Kier molecular flexibility index (Phi) is 12.8. The molecule has 4 heteroatoms. The van der Waals surface area contributed by atoms with Crippen molar-refractivity contribution in [2.75, 3.05) is 0 Å². The molecule has 0 fully saturated rings. The summed E-state index contributed by atoms with van der Waals surface area (Å²) in [5.41, 5.74) is -0.446. The van der Waals surface area contributed by atoms with Crippen molar-refractivity contribution in [3.8, 4) is 0 Å². The zero-order valence-electron chi connectivity index (χ0n) is 20.5. The van der Waals surface area contributed by atoms with Crippen LogP contribution in [0.5, 0.6) is 0 Å². The van der Waals surface area contributed by atoms with E-state index in [1.807, 2.05) is 0 Å². The van der Waals surface area contributed by atoms with Gasteiger partial charge in [-0.2, -0.15) is 0 Å². The van der Waals surface area contributed by atoms with Crippen LogP contribution in [-0.4, -0.2) is 10.7 Å². The number of aryl methyl sites for hydroxylation is 1. The highest BCUT2D eigenvalue weighted by molar-refractivity contribution is 5.20. The zero-order chi connectivity index (χ0) is 23.4. The van der Waals surface area contributed by atoms with E-state index in [9.17, 15) is 18.3 Å². The molecule has 0 aliphatic heterocycles. The van der Waals surface area contributed by atoms with Crippen LogP contribution in [0, 0.1) is 35.2 Å². The van der Waals surface area contributed by atoms with Crippen LogP contribution in [0.4, 0.5) is 13.2 Å². The van der Waals surface area contributed by atoms with Gasteiger partial charge < -0.3 is 5.11 Å². The molecule has 0 saturated heterocycles. The molecule has 1 rings (SSSR count). The van der Waals surface area contributed by atoms with Gasteiger partial charge in [-0.3, -0.25) is 0 Å². The van der Waals surface area contributed by atoms with Crippen molar-refractivity contribution in [3.05, 3.63) is 35.1 Å². The maximum absolute atomic E-state index is 13.8. The first-order valence-corrected chi connectivity index (χ1v) is 12.5. The first kappa shape index (κ1) is 28.0. The predicted molar refractivity (Wildman–Crippen MR) is 125 cm³/mol. The Bertz CT molecular complexity index is 619. The maximum atomic E-state index is 13.8. The van der Waals surface area contributed by atoms with Crippen LogP contribution in [0.2, 0.25) is 0 Å². The Morgan fingerprint density at radius 2 is 1.19 bits per heavy atom. The molecule has 1 N–H and O–H groups in total. The molecule has 0 spiro atoms. The average molecular weight is 443 g/mol. The summed E-state index contributed by atoms with van der Waals surface area (Å²) < 4.78 is 40.3. The van der Waals surface area contributed by atoms with Crippen LogP contribution >= 0.6 is 0 Å². The first-order chi connectivity index (χ1) is 14.6. The van der Waals surface area contributed by atoms with Crippen LogP contribution in [0.1, 0.15) is 111 Å². The van der Waals surface area contributed by atoms with Crippen LogP contribution in [0.15, 0.2) is 12.1 Å². The minimum absolute atomic E-state index is 0.189. The van der Waals surface area contributed by atoms with Gasteiger partial charge in [-0.25, -0.2) is 13.2 Å². The van der Waals surface area contributed by atoms with Crippen molar-refractivity contribution < 1.29 is 18.3 Å². The summed E-state index contributed by atoms with van der Waals surface area (Å²) in [6.07, 6.45) is 12.4. The van der Waals surface area contributed by atoms with Crippen molar-refractivity contribution >= 4 is 0 Å². The molecule has 0 bridgehead atoms. The molecule has 0 amide bonds. The number of aliphatic hydroxyl groups is 1. The molecule has 0 aliphatic rings. The molecule has 180 valence electrons. The molecule has 0 radical (unpaired) electrons. The molecular formula is C27H45F3O. The lowest BCUT2D eigenvalue weighted by Gasteiger charge is -2.43. The van der Waals surface area contributed by atoms with Crippen molar-refractivity contribution in [3.63, 3.8) is 0 Å². The largest absolute Gasteiger partial charge is 0.389 e. The summed E-state index contributed by atoms with van der Waals surface area (Å²) in [6.45, 7) is 10.7. The number of unbranched alkanes of at least 4 members (excludes halogenated alkanes) is 7. The van der Waals surface area contributed by atoms with Crippen molar-refractivity contribution in [2.45, 2.75) is 117 Å². The standard InChI is InChI=1S/C27H45F3O/c1-6-7-8-9-10-13-16-23(27(31,20(2)3)21(4)5)17-14-11-12-15-22-18-25(29)26(30)19-24(22)28/h18-21,23,31H,6-17H2,1-5H3. The first-order valence-electron chi connectivity index (χ1n) is 12.5. The fourth-order valence-corrected chi connectivity index (χ4v) is 5.03. The van der Waals surface area contributed by atoms with E-state index in [2.05, 4.69) is 34.6 Å². The van der Waals surface area contributed by atoms with Crippen molar-refractivity contribution in [1.29, 1.82) is 0 Å². The number of hydrogen-bond acceptors (Lipinski definition) is 1. The predicted octanol–water partition coefficient (Wildman–Crippen LogP) is 8.62. The van der Waals surface area contributed by atoms with E-state index in [1.165, 1.54) is 32.1 Å². The minimum atomic E-state index is -1.14. The molecule has 1 aromatic carbocycles. The number of benzene rings is 1. The van der Waals surface area contributed by atoms with Crippen LogP contribution in [-0.2, 0) is 6.42 Å². The third kappa shape index (κ3) is 8.79. The van der Waals surface area contributed by atoms with E-state index < -0.39 is 23.1 Å². The lowest BCUT2D eigenvalue weighted by molar-refractivity contribution is -0.102. The van der Waals surface area contributed by atoms with E-state index in [1.54, 1.807) is 0 Å². The van der Waals surface area contributed by atoms with E-state index in [4.69, 9.17) is 0 Å². The number of rotatable bonds is 16. The van der Waals surface area contributed by atoms with E-state index >= 15 is 0 Å². The molecular weight excluding hydrogens is 397 g/mol. The van der Waals surface area contributed by atoms with Gasteiger partial charge in [-0.1, -0.05) is 86.0 Å². The summed E-state index contributed by atoms with van der Waals surface area (Å²) in [5, 5.41) is 11.6. The fourth-order valence-electron chi connectivity index (χ4n) is 5.03. The van der Waals surface area contributed by atoms with Crippen LogP contribution in [0.25, 0.3) is 0 Å². The van der Waals surface area contributed by atoms with Gasteiger partial charge in [0.2, 0.25) is 0 Å². The summed E-state index contributed by atoms with van der Waals surface area (Å²) >= 11 is 0. The minimum Gasteiger partial charge on any atom is -0.389 e. The second-order valence-electron chi connectivity index (χ2n) is 9.91. The van der Waals surface area contributed by atoms with Gasteiger partial charge in [-0.15, -0.1) is 0 Å². The Labute approximate surface area is 188 Å². The second kappa shape index (κ2) is 14.2. The highest BCUT2D eigenvalue weighted by atomic mass is 19.2. The summed E-state index contributed by atoms with van der Waals surface area (Å²) in [6, 6.07) is 1.61. The third-order valence-electron chi connectivity index (χ3n) is 7.00. The van der Waals surface area contributed by atoms with Crippen molar-refractivity contribution in [2.24, 2.45) is 17.8 Å². The Hall–Kier alpha value is -1.03. The SMILES string of the molecule is CCCCCCCCC(CCCCCc1cc(F)c(F)cc1F)C(O)(C(C)C)C(C)C. The highest BCUT2D eigenvalue weighted by Gasteiger charge is 2.41. The van der Waals surface area contributed by atoms with Gasteiger partial charge in [0.1, 0.15) is 5.82 Å². The zero-order valence-corrected chi connectivity index (χ0v) is 20.5. The summed E-state index contributed by atoms with van der Waals surface area (Å²) in [7, 11) is 0. The molecule has 0 saturated carbocycles. The number of hydrogen-bond donors (Lipinski definition) is 1. The van der Waals surface area contributed by atoms with Crippen LogP contribution < -0.4 is 0 Å². The van der Waals surface area contributed by atoms with Crippen molar-refractivity contribution in [1.82, 2.24) is 0 Å². The van der Waals surface area contributed by atoms with Gasteiger partial charge in [0.25, 0.3) is 0 Å². The molecule has 1 nitrogen and oxygen atoms in total.